The summed E-state index contributed by atoms with van der Waals surface area (Å²) in [5.41, 5.74) is 8.54. The highest BCUT2D eigenvalue weighted by molar-refractivity contribution is 5.26. The standard InChI is InChI=1S/C13H17N3/c1-10-4-3-5-12(8-10)13(11(2)14)16-7-6-15-9-16/h3-9,11,13H,14H2,1-2H3. The topological polar surface area (TPSA) is 43.8 Å². The molecule has 0 radical (unpaired) electrons. The lowest BCUT2D eigenvalue weighted by molar-refractivity contribution is 0.495. The van der Waals surface area contributed by atoms with Gasteiger partial charge in [-0.15, -0.1) is 0 Å². The number of rotatable bonds is 3. The normalized spacial score (nSPS) is 14.7. The first-order chi connectivity index (χ1) is 7.68. The van der Waals surface area contributed by atoms with E-state index in [1.165, 1.54) is 11.1 Å². The molecule has 2 aromatic rings. The second-order valence-electron chi connectivity index (χ2n) is 4.23. The van der Waals surface area contributed by atoms with Gasteiger partial charge in [-0.3, -0.25) is 0 Å². The number of benzene rings is 1. The van der Waals surface area contributed by atoms with E-state index in [0.717, 1.165) is 0 Å². The number of imidazole rings is 1. The number of hydrogen-bond donors (Lipinski definition) is 1. The Hall–Kier alpha value is -1.61. The van der Waals surface area contributed by atoms with Gasteiger partial charge in [0, 0.05) is 18.4 Å². The smallest absolute Gasteiger partial charge is 0.0952 e. The van der Waals surface area contributed by atoms with Crippen LogP contribution in [0, 0.1) is 6.92 Å². The van der Waals surface area contributed by atoms with E-state index in [-0.39, 0.29) is 12.1 Å². The van der Waals surface area contributed by atoms with E-state index in [4.69, 9.17) is 5.73 Å². The van der Waals surface area contributed by atoms with Crippen molar-refractivity contribution < 1.29 is 0 Å². The highest BCUT2D eigenvalue weighted by Crippen LogP contribution is 2.21. The molecule has 0 fully saturated rings. The summed E-state index contributed by atoms with van der Waals surface area (Å²) in [7, 11) is 0. The lowest BCUT2D eigenvalue weighted by Crippen LogP contribution is -2.29. The predicted molar refractivity (Wildman–Crippen MR) is 65.2 cm³/mol. The van der Waals surface area contributed by atoms with Crippen LogP contribution in [0.15, 0.2) is 43.0 Å². The number of nitrogens with zero attached hydrogens (tertiary/aromatic N) is 2. The van der Waals surface area contributed by atoms with Gasteiger partial charge in [0.15, 0.2) is 0 Å². The van der Waals surface area contributed by atoms with Crippen LogP contribution in [-0.2, 0) is 0 Å². The highest BCUT2D eigenvalue weighted by Gasteiger charge is 2.17. The van der Waals surface area contributed by atoms with E-state index >= 15 is 0 Å². The van der Waals surface area contributed by atoms with E-state index in [0.29, 0.717) is 0 Å². The highest BCUT2D eigenvalue weighted by atomic mass is 15.1. The Morgan fingerprint density at radius 1 is 1.38 bits per heavy atom. The largest absolute Gasteiger partial charge is 0.328 e. The first-order valence-corrected chi connectivity index (χ1v) is 5.48. The first kappa shape index (κ1) is 10.9. The van der Waals surface area contributed by atoms with Gasteiger partial charge in [0.05, 0.1) is 12.4 Å². The van der Waals surface area contributed by atoms with Crippen molar-refractivity contribution in [2.24, 2.45) is 5.73 Å². The molecule has 84 valence electrons. The summed E-state index contributed by atoms with van der Waals surface area (Å²) in [6.07, 6.45) is 5.55. The summed E-state index contributed by atoms with van der Waals surface area (Å²) in [5.74, 6) is 0. The quantitative estimate of drug-likeness (QED) is 0.852. The molecule has 2 unspecified atom stereocenters. The Morgan fingerprint density at radius 2 is 2.19 bits per heavy atom. The SMILES string of the molecule is Cc1cccc(C(C(C)N)n2ccnc2)c1. The third kappa shape index (κ3) is 2.14. The lowest BCUT2D eigenvalue weighted by atomic mass is 9.99. The molecule has 3 heteroatoms. The minimum absolute atomic E-state index is 0.0519. The van der Waals surface area contributed by atoms with Crippen molar-refractivity contribution in [1.29, 1.82) is 0 Å². The number of aryl methyl sites for hydroxylation is 1. The molecule has 0 aliphatic rings. The van der Waals surface area contributed by atoms with Crippen LogP contribution in [-0.4, -0.2) is 15.6 Å². The molecule has 1 aromatic carbocycles. The van der Waals surface area contributed by atoms with Crippen LogP contribution in [0.1, 0.15) is 24.1 Å². The summed E-state index contributed by atoms with van der Waals surface area (Å²) < 4.78 is 2.06. The van der Waals surface area contributed by atoms with Crippen LogP contribution >= 0.6 is 0 Å². The van der Waals surface area contributed by atoms with Crippen molar-refractivity contribution in [3.63, 3.8) is 0 Å². The van der Waals surface area contributed by atoms with E-state index in [1.807, 2.05) is 19.4 Å². The van der Waals surface area contributed by atoms with E-state index in [1.54, 1.807) is 6.20 Å². The van der Waals surface area contributed by atoms with Crippen molar-refractivity contribution in [3.8, 4) is 0 Å². The zero-order valence-corrected chi connectivity index (χ0v) is 9.67. The van der Waals surface area contributed by atoms with Crippen molar-refractivity contribution in [1.82, 2.24) is 9.55 Å². The molecular weight excluding hydrogens is 198 g/mol. The maximum absolute atomic E-state index is 6.06. The lowest BCUT2D eigenvalue weighted by Gasteiger charge is -2.23. The van der Waals surface area contributed by atoms with Crippen molar-refractivity contribution in [2.75, 3.05) is 0 Å². The fourth-order valence-electron chi connectivity index (χ4n) is 2.04. The molecule has 2 atom stereocenters. The zero-order chi connectivity index (χ0) is 11.5. The summed E-state index contributed by atoms with van der Waals surface area (Å²) in [5, 5.41) is 0. The Labute approximate surface area is 95.9 Å². The van der Waals surface area contributed by atoms with Gasteiger partial charge in [-0.1, -0.05) is 29.8 Å². The third-order valence-corrected chi connectivity index (χ3v) is 2.73. The number of hydrogen-bond acceptors (Lipinski definition) is 2. The molecule has 3 nitrogen and oxygen atoms in total. The fourth-order valence-corrected chi connectivity index (χ4v) is 2.04. The summed E-state index contributed by atoms with van der Waals surface area (Å²) in [6, 6.07) is 8.65. The average molecular weight is 215 g/mol. The maximum Gasteiger partial charge on any atom is 0.0952 e. The van der Waals surface area contributed by atoms with E-state index in [2.05, 4.69) is 40.7 Å². The van der Waals surface area contributed by atoms with Crippen molar-refractivity contribution in [3.05, 3.63) is 54.1 Å². The van der Waals surface area contributed by atoms with Gasteiger partial charge in [0.2, 0.25) is 0 Å². The molecule has 0 spiro atoms. The summed E-state index contributed by atoms with van der Waals surface area (Å²) in [6.45, 7) is 4.11. The summed E-state index contributed by atoms with van der Waals surface area (Å²) in [4.78, 5) is 4.08. The fraction of sp³-hybridized carbons (Fsp3) is 0.308. The molecule has 0 amide bonds. The van der Waals surface area contributed by atoms with Crippen molar-refractivity contribution >= 4 is 0 Å². The Bertz CT molecular complexity index is 446. The monoisotopic (exact) mass is 215 g/mol. The van der Waals surface area contributed by atoms with Crippen LogP contribution < -0.4 is 5.73 Å². The molecule has 1 aromatic heterocycles. The predicted octanol–water partition coefficient (Wildman–Crippen LogP) is 2.13. The average Bonchev–Trinajstić information content (AvgIpc) is 2.71. The third-order valence-electron chi connectivity index (χ3n) is 2.73. The Morgan fingerprint density at radius 3 is 2.75 bits per heavy atom. The number of aromatic nitrogens is 2. The van der Waals surface area contributed by atoms with Gasteiger partial charge in [-0.2, -0.15) is 0 Å². The van der Waals surface area contributed by atoms with Crippen LogP contribution in [0.25, 0.3) is 0 Å². The first-order valence-electron chi connectivity index (χ1n) is 5.48. The molecule has 2 N–H and O–H groups in total. The van der Waals surface area contributed by atoms with Crippen LogP contribution in [0.3, 0.4) is 0 Å². The van der Waals surface area contributed by atoms with Gasteiger partial charge in [0.1, 0.15) is 0 Å². The molecule has 0 aliphatic carbocycles. The van der Waals surface area contributed by atoms with Crippen LogP contribution in [0.2, 0.25) is 0 Å². The van der Waals surface area contributed by atoms with Crippen LogP contribution in [0.5, 0.6) is 0 Å². The second kappa shape index (κ2) is 4.49. The van der Waals surface area contributed by atoms with Crippen LogP contribution in [0.4, 0.5) is 0 Å². The molecular formula is C13H17N3. The molecule has 0 aliphatic heterocycles. The van der Waals surface area contributed by atoms with Gasteiger partial charge in [-0.25, -0.2) is 4.98 Å². The van der Waals surface area contributed by atoms with Crippen molar-refractivity contribution in [2.45, 2.75) is 25.9 Å². The molecule has 16 heavy (non-hydrogen) atoms. The summed E-state index contributed by atoms with van der Waals surface area (Å²) >= 11 is 0. The number of nitrogens with two attached hydrogens (primary N) is 1. The van der Waals surface area contributed by atoms with E-state index in [9.17, 15) is 0 Å². The molecule has 0 saturated carbocycles. The van der Waals surface area contributed by atoms with Gasteiger partial charge >= 0.3 is 0 Å². The van der Waals surface area contributed by atoms with E-state index < -0.39 is 0 Å². The minimum Gasteiger partial charge on any atom is -0.328 e. The molecule has 0 bridgehead atoms. The van der Waals surface area contributed by atoms with Gasteiger partial charge < -0.3 is 10.3 Å². The minimum atomic E-state index is 0.0519. The Balaban J connectivity index is 2.41. The van der Waals surface area contributed by atoms with Gasteiger partial charge in [-0.05, 0) is 19.4 Å². The Kier molecular flexibility index (Phi) is 3.06. The molecule has 1 heterocycles. The molecule has 2 rings (SSSR count). The van der Waals surface area contributed by atoms with Gasteiger partial charge in [0.25, 0.3) is 0 Å². The molecule has 0 saturated heterocycles. The maximum atomic E-state index is 6.06. The second-order valence-corrected chi connectivity index (χ2v) is 4.23. The zero-order valence-electron chi connectivity index (χ0n) is 9.67.